The van der Waals surface area contributed by atoms with Crippen LogP contribution >= 0.6 is 24.0 Å². The molecule has 1 heterocycles. The quantitative estimate of drug-likeness (QED) is 0.269. The standard InChI is InChI=1S/C19H33N5.HI/c1-20-19(21-14-7-6-11-16-9-4-5-10-16)22-15-17-12-8-13-18(23-17)24(2)3;/h8,12-13,16H,4-7,9-11,14-15H2,1-3H3,(H2,20,21,22);1H. The molecule has 0 aliphatic heterocycles. The van der Waals surface area contributed by atoms with E-state index in [-0.39, 0.29) is 24.0 Å². The van der Waals surface area contributed by atoms with E-state index in [2.05, 4.69) is 20.6 Å². The van der Waals surface area contributed by atoms with Gasteiger partial charge in [-0.05, 0) is 24.5 Å². The van der Waals surface area contributed by atoms with Crippen molar-refractivity contribution in [1.29, 1.82) is 0 Å². The molecule has 0 atom stereocenters. The molecule has 1 aromatic rings. The fourth-order valence-electron chi connectivity index (χ4n) is 3.27. The van der Waals surface area contributed by atoms with Gasteiger partial charge >= 0.3 is 0 Å². The summed E-state index contributed by atoms with van der Waals surface area (Å²) < 4.78 is 0. The lowest BCUT2D eigenvalue weighted by Crippen LogP contribution is -2.37. The predicted molar refractivity (Wildman–Crippen MR) is 118 cm³/mol. The largest absolute Gasteiger partial charge is 0.363 e. The van der Waals surface area contributed by atoms with Crippen molar-refractivity contribution < 1.29 is 0 Å². The summed E-state index contributed by atoms with van der Waals surface area (Å²) in [5, 5.41) is 6.74. The molecule has 142 valence electrons. The van der Waals surface area contributed by atoms with Crippen LogP contribution in [0.5, 0.6) is 0 Å². The number of anilines is 1. The van der Waals surface area contributed by atoms with Gasteiger partial charge in [-0.1, -0.05) is 44.6 Å². The lowest BCUT2D eigenvalue weighted by molar-refractivity contribution is 0.472. The van der Waals surface area contributed by atoms with E-state index in [1.807, 2.05) is 44.2 Å². The minimum atomic E-state index is 0. The maximum atomic E-state index is 4.61. The van der Waals surface area contributed by atoms with E-state index >= 15 is 0 Å². The van der Waals surface area contributed by atoms with Gasteiger partial charge in [0.15, 0.2) is 5.96 Å². The van der Waals surface area contributed by atoms with Gasteiger partial charge in [0.25, 0.3) is 0 Å². The molecular formula is C19H34IN5. The topological polar surface area (TPSA) is 52.6 Å². The van der Waals surface area contributed by atoms with Crippen LogP contribution in [0.15, 0.2) is 23.2 Å². The lowest BCUT2D eigenvalue weighted by Gasteiger charge is -2.14. The van der Waals surface area contributed by atoms with Gasteiger partial charge in [0.1, 0.15) is 5.82 Å². The predicted octanol–water partition coefficient (Wildman–Crippen LogP) is 3.79. The summed E-state index contributed by atoms with van der Waals surface area (Å²) in [6, 6.07) is 6.09. The molecule has 1 saturated carbocycles. The monoisotopic (exact) mass is 459 g/mol. The van der Waals surface area contributed by atoms with Crippen LogP contribution < -0.4 is 15.5 Å². The molecule has 0 radical (unpaired) electrons. The summed E-state index contributed by atoms with van der Waals surface area (Å²) in [4.78, 5) is 10.9. The zero-order valence-corrected chi connectivity index (χ0v) is 18.3. The van der Waals surface area contributed by atoms with Crippen molar-refractivity contribution in [3.05, 3.63) is 23.9 Å². The first-order valence-electron chi connectivity index (χ1n) is 9.27. The Bertz CT molecular complexity index is 512. The molecular weight excluding hydrogens is 425 g/mol. The minimum absolute atomic E-state index is 0. The van der Waals surface area contributed by atoms with Gasteiger partial charge in [0.05, 0.1) is 12.2 Å². The third kappa shape index (κ3) is 8.25. The minimum Gasteiger partial charge on any atom is -0.363 e. The number of hydrogen-bond acceptors (Lipinski definition) is 3. The first-order chi connectivity index (χ1) is 11.7. The van der Waals surface area contributed by atoms with E-state index in [4.69, 9.17) is 0 Å². The van der Waals surface area contributed by atoms with Gasteiger partial charge in [-0.15, -0.1) is 24.0 Å². The van der Waals surface area contributed by atoms with Gasteiger partial charge in [0, 0.05) is 27.7 Å². The summed E-state index contributed by atoms with van der Waals surface area (Å²) in [5.41, 5.74) is 1.02. The number of nitrogens with zero attached hydrogens (tertiary/aromatic N) is 3. The highest BCUT2D eigenvalue weighted by atomic mass is 127. The molecule has 1 aliphatic carbocycles. The van der Waals surface area contributed by atoms with Crippen LogP contribution in [-0.2, 0) is 6.54 Å². The van der Waals surface area contributed by atoms with Gasteiger partial charge in [-0.25, -0.2) is 4.98 Å². The average Bonchev–Trinajstić information content (AvgIpc) is 3.11. The van der Waals surface area contributed by atoms with Crippen LogP contribution in [0.1, 0.15) is 50.6 Å². The Morgan fingerprint density at radius 3 is 2.64 bits per heavy atom. The normalized spacial score (nSPS) is 14.9. The Hall–Kier alpha value is -1.05. The summed E-state index contributed by atoms with van der Waals surface area (Å²) >= 11 is 0. The maximum Gasteiger partial charge on any atom is 0.191 e. The smallest absolute Gasteiger partial charge is 0.191 e. The molecule has 1 fully saturated rings. The second kappa shape index (κ2) is 12.3. The number of aliphatic imine (C=N–C) groups is 1. The average molecular weight is 459 g/mol. The van der Waals surface area contributed by atoms with Crippen molar-refractivity contribution in [3.8, 4) is 0 Å². The van der Waals surface area contributed by atoms with Crippen LogP contribution in [0.4, 0.5) is 5.82 Å². The first kappa shape index (κ1) is 22.0. The van der Waals surface area contributed by atoms with Crippen molar-refractivity contribution in [3.63, 3.8) is 0 Å². The third-order valence-electron chi connectivity index (χ3n) is 4.72. The van der Waals surface area contributed by atoms with Gasteiger partial charge < -0.3 is 15.5 Å². The van der Waals surface area contributed by atoms with E-state index in [1.165, 1.54) is 44.9 Å². The number of guanidine groups is 1. The summed E-state index contributed by atoms with van der Waals surface area (Å²) in [6.45, 7) is 1.67. The molecule has 0 unspecified atom stereocenters. The number of nitrogens with one attached hydrogen (secondary N) is 2. The van der Waals surface area contributed by atoms with E-state index in [0.717, 1.165) is 29.9 Å². The van der Waals surface area contributed by atoms with Crippen molar-refractivity contribution in [2.24, 2.45) is 10.9 Å². The van der Waals surface area contributed by atoms with E-state index in [0.29, 0.717) is 6.54 Å². The maximum absolute atomic E-state index is 4.61. The number of unbranched alkanes of at least 4 members (excludes halogenated alkanes) is 1. The van der Waals surface area contributed by atoms with Crippen LogP contribution in [0.2, 0.25) is 0 Å². The van der Waals surface area contributed by atoms with E-state index in [1.54, 1.807) is 0 Å². The molecule has 0 bridgehead atoms. The van der Waals surface area contributed by atoms with Gasteiger partial charge in [0.2, 0.25) is 0 Å². The molecule has 0 spiro atoms. The summed E-state index contributed by atoms with van der Waals surface area (Å²) in [5.74, 6) is 2.83. The molecule has 2 N–H and O–H groups in total. The Balaban J connectivity index is 0.00000312. The number of hydrogen-bond donors (Lipinski definition) is 2. The molecule has 2 rings (SSSR count). The Morgan fingerprint density at radius 1 is 1.20 bits per heavy atom. The highest BCUT2D eigenvalue weighted by Gasteiger charge is 2.13. The molecule has 0 aromatic carbocycles. The van der Waals surface area contributed by atoms with E-state index in [9.17, 15) is 0 Å². The van der Waals surface area contributed by atoms with Crippen LogP contribution in [0.25, 0.3) is 0 Å². The molecule has 1 aliphatic rings. The second-order valence-corrected chi connectivity index (χ2v) is 6.88. The van der Waals surface area contributed by atoms with Crippen LogP contribution in [0.3, 0.4) is 0 Å². The van der Waals surface area contributed by atoms with E-state index < -0.39 is 0 Å². The fraction of sp³-hybridized carbons (Fsp3) is 0.684. The number of halogens is 1. The third-order valence-corrected chi connectivity index (χ3v) is 4.72. The summed E-state index contributed by atoms with van der Waals surface area (Å²) in [7, 11) is 5.83. The zero-order chi connectivity index (χ0) is 17.2. The molecule has 5 nitrogen and oxygen atoms in total. The number of rotatable bonds is 8. The second-order valence-electron chi connectivity index (χ2n) is 6.88. The molecule has 25 heavy (non-hydrogen) atoms. The Kier molecular flexibility index (Phi) is 10.8. The highest BCUT2D eigenvalue weighted by Crippen LogP contribution is 2.28. The molecule has 1 aromatic heterocycles. The Labute approximate surface area is 170 Å². The molecule has 6 heteroatoms. The molecule has 0 amide bonds. The van der Waals surface area contributed by atoms with Gasteiger partial charge in [-0.2, -0.15) is 0 Å². The van der Waals surface area contributed by atoms with Crippen molar-refractivity contribution in [2.75, 3.05) is 32.6 Å². The lowest BCUT2D eigenvalue weighted by atomic mass is 10.0. The summed E-state index contributed by atoms with van der Waals surface area (Å²) in [6.07, 6.45) is 9.73. The highest BCUT2D eigenvalue weighted by molar-refractivity contribution is 14.0. The van der Waals surface area contributed by atoms with Crippen molar-refractivity contribution in [2.45, 2.75) is 51.5 Å². The zero-order valence-electron chi connectivity index (χ0n) is 15.9. The SMILES string of the molecule is CN=C(NCCCCC1CCCC1)NCc1cccc(N(C)C)n1.I. The van der Waals surface area contributed by atoms with Crippen molar-refractivity contribution in [1.82, 2.24) is 15.6 Å². The Morgan fingerprint density at radius 2 is 1.96 bits per heavy atom. The number of aromatic nitrogens is 1. The molecule has 0 saturated heterocycles. The fourth-order valence-corrected chi connectivity index (χ4v) is 3.27. The van der Waals surface area contributed by atoms with Crippen LogP contribution in [-0.4, -0.2) is 38.6 Å². The van der Waals surface area contributed by atoms with Gasteiger partial charge in [-0.3, -0.25) is 4.99 Å². The number of pyridine rings is 1. The van der Waals surface area contributed by atoms with Crippen molar-refractivity contribution >= 4 is 35.8 Å². The van der Waals surface area contributed by atoms with Crippen LogP contribution in [0, 0.1) is 5.92 Å². The first-order valence-corrected chi connectivity index (χ1v) is 9.27.